The van der Waals surface area contributed by atoms with Gasteiger partial charge in [0.25, 0.3) is 0 Å². The van der Waals surface area contributed by atoms with Crippen LogP contribution in [0.1, 0.15) is 28.8 Å². The Morgan fingerprint density at radius 2 is 2.27 bits per heavy atom. The number of Topliss-reactive ketones (excluding diaryl/α,β-unsaturated/α-hetero) is 1. The second kappa shape index (κ2) is 4.35. The Kier molecular flexibility index (Phi) is 3.10. The topological polar surface area (TPSA) is 26.3 Å². The summed E-state index contributed by atoms with van der Waals surface area (Å²) in [6.45, 7) is 0. The van der Waals surface area contributed by atoms with Crippen molar-refractivity contribution < 1.29 is 9.53 Å². The largest absolute Gasteiger partial charge is 0.497 e. The highest BCUT2D eigenvalue weighted by Crippen LogP contribution is 2.27. The lowest BCUT2D eigenvalue weighted by molar-refractivity contribution is 0.0990. The molecule has 1 aromatic rings. The van der Waals surface area contributed by atoms with E-state index in [1.54, 1.807) is 7.11 Å². The second-order valence-electron chi connectivity index (χ2n) is 3.75. The Morgan fingerprint density at radius 3 is 3.00 bits per heavy atom. The molecule has 2 nitrogen and oxygen atoms in total. The molecule has 0 N–H and O–H groups in total. The maximum atomic E-state index is 11.9. The maximum Gasteiger partial charge on any atom is 0.176 e. The molecule has 0 fully saturated rings. The molecule has 15 heavy (non-hydrogen) atoms. The monoisotopic (exact) mass is 268 g/mol. The van der Waals surface area contributed by atoms with Crippen LogP contribution in [-0.2, 0) is 6.42 Å². The van der Waals surface area contributed by atoms with Crippen molar-refractivity contribution >= 4 is 21.7 Å². The van der Waals surface area contributed by atoms with Gasteiger partial charge in [0.1, 0.15) is 5.75 Å². The third-order valence-corrected chi connectivity index (χ3v) is 3.64. The summed E-state index contributed by atoms with van der Waals surface area (Å²) in [7, 11) is 1.65. The lowest BCUT2D eigenvalue weighted by atomic mass is 10.0. The van der Waals surface area contributed by atoms with Gasteiger partial charge < -0.3 is 4.74 Å². The van der Waals surface area contributed by atoms with Crippen LogP contribution in [0.25, 0.3) is 0 Å². The molecule has 1 aliphatic rings. The van der Waals surface area contributed by atoms with Gasteiger partial charge in [-0.2, -0.15) is 0 Å². The number of hydrogen-bond donors (Lipinski definition) is 0. The van der Waals surface area contributed by atoms with E-state index in [0.717, 1.165) is 36.1 Å². The van der Waals surface area contributed by atoms with Gasteiger partial charge in [-0.3, -0.25) is 4.79 Å². The summed E-state index contributed by atoms with van der Waals surface area (Å²) in [5.41, 5.74) is 1.96. The number of halogens is 1. The average Bonchev–Trinajstić information content (AvgIpc) is 2.40. The van der Waals surface area contributed by atoms with E-state index >= 15 is 0 Å². The van der Waals surface area contributed by atoms with E-state index in [4.69, 9.17) is 4.74 Å². The van der Waals surface area contributed by atoms with Crippen LogP contribution < -0.4 is 4.74 Å². The van der Waals surface area contributed by atoms with Crippen molar-refractivity contribution in [3.05, 3.63) is 29.3 Å². The van der Waals surface area contributed by atoms with E-state index < -0.39 is 0 Å². The molecule has 0 spiro atoms. The van der Waals surface area contributed by atoms with Crippen molar-refractivity contribution in [2.75, 3.05) is 7.11 Å². The first-order valence-electron chi connectivity index (χ1n) is 5.07. The molecule has 3 heteroatoms. The van der Waals surface area contributed by atoms with Crippen LogP contribution >= 0.6 is 15.9 Å². The van der Waals surface area contributed by atoms with E-state index in [1.807, 2.05) is 18.2 Å². The fourth-order valence-electron chi connectivity index (χ4n) is 1.92. The highest BCUT2D eigenvalue weighted by molar-refractivity contribution is 9.10. The van der Waals surface area contributed by atoms with Crippen molar-refractivity contribution in [1.29, 1.82) is 0 Å². The van der Waals surface area contributed by atoms with Crippen LogP contribution in [0.3, 0.4) is 0 Å². The number of benzene rings is 1. The zero-order chi connectivity index (χ0) is 10.8. The minimum Gasteiger partial charge on any atom is -0.497 e. The molecule has 0 aliphatic heterocycles. The third-order valence-electron chi connectivity index (χ3n) is 2.77. The Bertz CT molecular complexity index is 387. The van der Waals surface area contributed by atoms with Gasteiger partial charge in [-0.15, -0.1) is 0 Å². The molecule has 0 saturated carbocycles. The molecule has 1 aromatic carbocycles. The van der Waals surface area contributed by atoms with Crippen molar-refractivity contribution in [1.82, 2.24) is 0 Å². The van der Waals surface area contributed by atoms with E-state index in [9.17, 15) is 4.79 Å². The van der Waals surface area contributed by atoms with Gasteiger partial charge in [0, 0.05) is 5.56 Å². The van der Waals surface area contributed by atoms with E-state index in [-0.39, 0.29) is 10.6 Å². The summed E-state index contributed by atoms with van der Waals surface area (Å²) in [4.78, 5) is 11.9. The van der Waals surface area contributed by atoms with Crippen LogP contribution in [0.5, 0.6) is 5.75 Å². The molecule has 1 atom stereocenters. The molecule has 0 heterocycles. The number of ketones is 1. The first-order valence-corrected chi connectivity index (χ1v) is 5.99. The van der Waals surface area contributed by atoms with E-state index in [0.29, 0.717) is 0 Å². The number of alkyl halides is 1. The standard InChI is InChI=1S/C12H13BrO2/c1-15-9-5-6-10-8(7-9)3-2-4-11(13)12(10)14/h5-7,11H,2-4H2,1H3/t11-/m0/s1. The Hall–Kier alpha value is -0.830. The molecule has 1 aliphatic carbocycles. The Balaban J connectivity index is 2.44. The zero-order valence-electron chi connectivity index (χ0n) is 8.63. The predicted molar refractivity (Wildman–Crippen MR) is 63.0 cm³/mol. The van der Waals surface area contributed by atoms with Gasteiger partial charge in [-0.25, -0.2) is 0 Å². The predicted octanol–water partition coefficient (Wildman–Crippen LogP) is 2.98. The first-order chi connectivity index (χ1) is 7.22. The zero-order valence-corrected chi connectivity index (χ0v) is 10.2. The number of carbonyl (C=O) groups excluding carboxylic acids is 1. The molecule has 0 unspecified atom stereocenters. The highest BCUT2D eigenvalue weighted by Gasteiger charge is 2.23. The van der Waals surface area contributed by atoms with Crippen LogP contribution in [-0.4, -0.2) is 17.7 Å². The molecule has 0 saturated heterocycles. The number of hydrogen-bond acceptors (Lipinski definition) is 2. The number of methoxy groups -OCH3 is 1. The molecule has 0 radical (unpaired) electrons. The Morgan fingerprint density at radius 1 is 1.47 bits per heavy atom. The quantitative estimate of drug-likeness (QED) is 0.578. The number of rotatable bonds is 1. The Labute approximate surface area is 97.8 Å². The van der Waals surface area contributed by atoms with Crippen molar-refractivity contribution in [2.24, 2.45) is 0 Å². The fourth-order valence-corrected chi connectivity index (χ4v) is 2.49. The maximum absolute atomic E-state index is 11.9. The molecular formula is C12H13BrO2. The lowest BCUT2D eigenvalue weighted by Gasteiger charge is -2.08. The lowest BCUT2D eigenvalue weighted by Crippen LogP contribution is -2.12. The number of aryl methyl sites for hydroxylation is 1. The van der Waals surface area contributed by atoms with Crippen molar-refractivity contribution in [2.45, 2.75) is 24.1 Å². The SMILES string of the molecule is COc1ccc2c(c1)CCC[C@H](Br)C2=O. The minimum absolute atomic E-state index is 0.0212. The average molecular weight is 269 g/mol. The first kappa shape index (κ1) is 10.7. The van der Waals surface area contributed by atoms with Gasteiger partial charge in [0.05, 0.1) is 11.9 Å². The van der Waals surface area contributed by atoms with Crippen LogP contribution in [0.15, 0.2) is 18.2 Å². The minimum atomic E-state index is -0.0212. The molecule has 0 bridgehead atoms. The summed E-state index contributed by atoms with van der Waals surface area (Å²) < 4.78 is 5.16. The number of carbonyl (C=O) groups is 1. The fraction of sp³-hybridized carbons (Fsp3) is 0.417. The molecule has 80 valence electrons. The third kappa shape index (κ3) is 2.07. The smallest absolute Gasteiger partial charge is 0.176 e. The van der Waals surface area contributed by atoms with E-state index in [2.05, 4.69) is 15.9 Å². The molecular weight excluding hydrogens is 256 g/mol. The van der Waals surface area contributed by atoms with Gasteiger partial charge in [0.2, 0.25) is 0 Å². The summed E-state index contributed by atoms with van der Waals surface area (Å²) in [5, 5.41) is 0. The van der Waals surface area contributed by atoms with Gasteiger partial charge in [-0.1, -0.05) is 15.9 Å². The summed E-state index contributed by atoms with van der Waals surface area (Å²) in [5.74, 6) is 1.03. The molecule has 0 aromatic heterocycles. The summed E-state index contributed by atoms with van der Waals surface area (Å²) >= 11 is 3.43. The summed E-state index contributed by atoms with van der Waals surface area (Å²) in [6.07, 6.45) is 2.91. The van der Waals surface area contributed by atoms with Crippen LogP contribution in [0.2, 0.25) is 0 Å². The molecule has 0 amide bonds. The number of ether oxygens (including phenoxy) is 1. The van der Waals surface area contributed by atoms with Gasteiger partial charge in [-0.05, 0) is 43.0 Å². The van der Waals surface area contributed by atoms with Crippen molar-refractivity contribution in [3.8, 4) is 5.75 Å². The second-order valence-corrected chi connectivity index (χ2v) is 4.85. The van der Waals surface area contributed by atoms with Crippen LogP contribution in [0, 0.1) is 0 Å². The van der Waals surface area contributed by atoms with Gasteiger partial charge >= 0.3 is 0 Å². The highest BCUT2D eigenvalue weighted by atomic mass is 79.9. The molecule has 2 rings (SSSR count). The van der Waals surface area contributed by atoms with Crippen molar-refractivity contribution in [3.63, 3.8) is 0 Å². The normalized spacial score (nSPS) is 20.7. The van der Waals surface area contributed by atoms with E-state index in [1.165, 1.54) is 0 Å². The van der Waals surface area contributed by atoms with Crippen LogP contribution in [0.4, 0.5) is 0 Å². The van der Waals surface area contributed by atoms with Gasteiger partial charge in [0.15, 0.2) is 5.78 Å². The number of fused-ring (bicyclic) bond motifs is 1. The summed E-state index contributed by atoms with van der Waals surface area (Å²) in [6, 6.07) is 5.69.